The first-order valence-electron chi connectivity index (χ1n) is 6.49. The molecule has 2 atom stereocenters. The fraction of sp³-hybridized carbons (Fsp3) is 1.00. The molecule has 0 aliphatic carbocycles. The maximum atomic E-state index is 5.59. The van der Waals surface area contributed by atoms with Gasteiger partial charge in [0.2, 0.25) is 0 Å². The van der Waals surface area contributed by atoms with Crippen molar-refractivity contribution in [1.29, 1.82) is 0 Å². The summed E-state index contributed by atoms with van der Waals surface area (Å²) in [6, 6.07) is 1.57. The third kappa shape index (κ3) is 2.71. The van der Waals surface area contributed by atoms with Crippen LogP contribution < -0.4 is 5.73 Å². The standard InChI is InChI=1S/C12H25N3/c1-11-9-15-7-3-2-5-12(15)10-14(11)8-4-6-13/h11-12H,2-10,13H2,1H3. The van der Waals surface area contributed by atoms with Gasteiger partial charge in [-0.3, -0.25) is 9.80 Å². The highest BCUT2D eigenvalue weighted by molar-refractivity contribution is 4.88. The molecule has 2 unspecified atom stereocenters. The summed E-state index contributed by atoms with van der Waals surface area (Å²) in [5, 5.41) is 0. The molecule has 88 valence electrons. The fourth-order valence-electron chi connectivity index (χ4n) is 3.02. The van der Waals surface area contributed by atoms with Crippen LogP contribution in [0.3, 0.4) is 0 Å². The Morgan fingerprint density at radius 1 is 1.27 bits per heavy atom. The summed E-state index contributed by atoms with van der Waals surface area (Å²) in [7, 11) is 0. The van der Waals surface area contributed by atoms with Crippen molar-refractivity contribution < 1.29 is 0 Å². The molecule has 0 amide bonds. The summed E-state index contributed by atoms with van der Waals surface area (Å²) >= 11 is 0. The van der Waals surface area contributed by atoms with E-state index in [4.69, 9.17) is 5.73 Å². The van der Waals surface area contributed by atoms with Crippen LogP contribution in [0.1, 0.15) is 32.6 Å². The molecular formula is C12H25N3. The van der Waals surface area contributed by atoms with Gasteiger partial charge < -0.3 is 5.73 Å². The van der Waals surface area contributed by atoms with Crippen LogP contribution in [-0.2, 0) is 0 Å². The second-order valence-electron chi connectivity index (χ2n) is 5.13. The molecule has 2 saturated heterocycles. The Labute approximate surface area is 93.6 Å². The lowest BCUT2D eigenvalue weighted by molar-refractivity contribution is 0.0152. The maximum Gasteiger partial charge on any atom is 0.0223 e. The summed E-state index contributed by atoms with van der Waals surface area (Å²) < 4.78 is 0. The molecule has 0 spiro atoms. The van der Waals surface area contributed by atoms with E-state index in [9.17, 15) is 0 Å². The third-order valence-corrected chi connectivity index (χ3v) is 3.97. The van der Waals surface area contributed by atoms with E-state index in [-0.39, 0.29) is 0 Å². The first kappa shape index (κ1) is 11.4. The lowest BCUT2D eigenvalue weighted by Crippen LogP contribution is -2.58. The van der Waals surface area contributed by atoms with Crippen molar-refractivity contribution in [3.05, 3.63) is 0 Å². The molecule has 0 aromatic carbocycles. The first-order chi connectivity index (χ1) is 7.31. The van der Waals surface area contributed by atoms with Crippen LogP contribution in [0, 0.1) is 0 Å². The second-order valence-corrected chi connectivity index (χ2v) is 5.13. The molecule has 0 saturated carbocycles. The zero-order valence-electron chi connectivity index (χ0n) is 9.99. The molecule has 3 heteroatoms. The Morgan fingerprint density at radius 3 is 2.93 bits per heavy atom. The normalized spacial score (nSPS) is 34.0. The van der Waals surface area contributed by atoms with Crippen LogP contribution in [-0.4, -0.2) is 54.6 Å². The van der Waals surface area contributed by atoms with Crippen molar-refractivity contribution in [2.24, 2.45) is 5.73 Å². The van der Waals surface area contributed by atoms with Crippen LogP contribution in [0.4, 0.5) is 0 Å². The molecule has 2 aliphatic rings. The maximum absolute atomic E-state index is 5.59. The number of piperidine rings is 1. The van der Waals surface area contributed by atoms with Gasteiger partial charge in [0, 0.05) is 25.2 Å². The minimum atomic E-state index is 0.728. The van der Waals surface area contributed by atoms with Gasteiger partial charge in [-0.2, -0.15) is 0 Å². The van der Waals surface area contributed by atoms with Gasteiger partial charge in [-0.1, -0.05) is 6.42 Å². The molecule has 2 N–H and O–H groups in total. The van der Waals surface area contributed by atoms with Gasteiger partial charge in [0.1, 0.15) is 0 Å². The van der Waals surface area contributed by atoms with E-state index >= 15 is 0 Å². The molecule has 2 fully saturated rings. The first-order valence-corrected chi connectivity index (χ1v) is 6.49. The van der Waals surface area contributed by atoms with E-state index in [1.54, 1.807) is 0 Å². The number of hydrogen-bond donors (Lipinski definition) is 1. The zero-order valence-corrected chi connectivity index (χ0v) is 9.99. The summed E-state index contributed by atoms with van der Waals surface area (Å²) in [6.45, 7) is 8.27. The Bertz CT molecular complexity index is 195. The quantitative estimate of drug-likeness (QED) is 0.752. The number of rotatable bonds is 3. The Morgan fingerprint density at radius 2 is 2.13 bits per heavy atom. The third-order valence-electron chi connectivity index (χ3n) is 3.97. The van der Waals surface area contributed by atoms with Gasteiger partial charge in [-0.15, -0.1) is 0 Å². The molecule has 2 rings (SSSR count). The molecule has 2 heterocycles. The van der Waals surface area contributed by atoms with Crippen molar-refractivity contribution in [2.45, 2.75) is 44.7 Å². The summed E-state index contributed by atoms with van der Waals surface area (Å²) in [5.74, 6) is 0. The van der Waals surface area contributed by atoms with E-state index < -0.39 is 0 Å². The molecule has 3 nitrogen and oxygen atoms in total. The molecular weight excluding hydrogens is 186 g/mol. The van der Waals surface area contributed by atoms with Crippen LogP contribution in [0.25, 0.3) is 0 Å². The Balaban J connectivity index is 1.87. The molecule has 15 heavy (non-hydrogen) atoms. The van der Waals surface area contributed by atoms with E-state index in [2.05, 4.69) is 16.7 Å². The largest absolute Gasteiger partial charge is 0.330 e. The van der Waals surface area contributed by atoms with Crippen molar-refractivity contribution in [3.8, 4) is 0 Å². The number of hydrogen-bond acceptors (Lipinski definition) is 3. The number of fused-ring (bicyclic) bond motifs is 1. The van der Waals surface area contributed by atoms with Crippen LogP contribution in [0.15, 0.2) is 0 Å². The highest BCUT2D eigenvalue weighted by Crippen LogP contribution is 2.23. The van der Waals surface area contributed by atoms with Crippen molar-refractivity contribution in [1.82, 2.24) is 9.80 Å². The van der Waals surface area contributed by atoms with Crippen molar-refractivity contribution in [2.75, 3.05) is 32.7 Å². The Hall–Kier alpha value is -0.120. The predicted octanol–water partition coefficient (Wildman–Crippen LogP) is 0.894. The highest BCUT2D eigenvalue weighted by atomic mass is 15.3. The van der Waals surface area contributed by atoms with Crippen LogP contribution in [0.5, 0.6) is 0 Å². The van der Waals surface area contributed by atoms with Crippen LogP contribution in [0.2, 0.25) is 0 Å². The Kier molecular flexibility index (Phi) is 4.00. The van der Waals surface area contributed by atoms with Gasteiger partial charge in [-0.05, 0) is 45.8 Å². The van der Waals surface area contributed by atoms with E-state index in [0.717, 1.165) is 25.0 Å². The van der Waals surface area contributed by atoms with Crippen molar-refractivity contribution >= 4 is 0 Å². The minimum Gasteiger partial charge on any atom is -0.330 e. The van der Waals surface area contributed by atoms with Crippen molar-refractivity contribution in [3.63, 3.8) is 0 Å². The van der Waals surface area contributed by atoms with E-state index in [1.807, 2.05) is 0 Å². The number of piperazine rings is 1. The average Bonchev–Trinajstić information content (AvgIpc) is 2.26. The molecule has 0 aromatic rings. The second kappa shape index (κ2) is 5.28. The number of nitrogens with zero attached hydrogens (tertiary/aromatic N) is 2. The molecule has 2 aliphatic heterocycles. The summed E-state index contributed by atoms with van der Waals surface area (Å²) in [6.07, 6.45) is 5.40. The summed E-state index contributed by atoms with van der Waals surface area (Å²) in [5.41, 5.74) is 5.59. The lowest BCUT2D eigenvalue weighted by Gasteiger charge is -2.47. The summed E-state index contributed by atoms with van der Waals surface area (Å²) in [4.78, 5) is 5.34. The van der Waals surface area contributed by atoms with Gasteiger partial charge in [0.15, 0.2) is 0 Å². The number of nitrogens with two attached hydrogens (primary N) is 1. The highest BCUT2D eigenvalue weighted by Gasteiger charge is 2.32. The average molecular weight is 211 g/mol. The molecule has 0 bridgehead atoms. The molecule has 0 aromatic heterocycles. The van der Waals surface area contributed by atoms with E-state index in [0.29, 0.717) is 0 Å². The van der Waals surface area contributed by atoms with Gasteiger partial charge in [0.05, 0.1) is 0 Å². The van der Waals surface area contributed by atoms with Crippen LogP contribution >= 0.6 is 0 Å². The smallest absolute Gasteiger partial charge is 0.0223 e. The fourth-order valence-corrected chi connectivity index (χ4v) is 3.02. The van der Waals surface area contributed by atoms with E-state index in [1.165, 1.54) is 45.4 Å². The monoisotopic (exact) mass is 211 g/mol. The predicted molar refractivity (Wildman–Crippen MR) is 63.9 cm³/mol. The lowest BCUT2D eigenvalue weighted by atomic mass is 9.97. The van der Waals surface area contributed by atoms with Gasteiger partial charge in [-0.25, -0.2) is 0 Å². The minimum absolute atomic E-state index is 0.728. The van der Waals surface area contributed by atoms with Gasteiger partial charge >= 0.3 is 0 Å². The zero-order chi connectivity index (χ0) is 10.7. The van der Waals surface area contributed by atoms with Gasteiger partial charge in [0.25, 0.3) is 0 Å². The molecule has 0 radical (unpaired) electrons. The SMILES string of the molecule is CC1CN2CCCCC2CN1CCCN. The topological polar surface area (TPSA) is 32.5 Å².